The Kier molecular flexibility index (Phi) is 7.11. The number of aromatic nitrogens is 3. The standard InChI is InChI=1S/C20H27F3N6/c1-2-3-10-24-17-26-18(28-19(27-17)29-11-5-4-6-12-29)25-14-15-8-7-9-16(13-15)20(21,22)23/h7-9,13H,2-6,10-12,14H2,1H3,(H2,24,25,26,27,28). The van der Waals surface area contributed by atoms with E-state index < -0.39 is 11.7 Å². The first-order valence-electron chi connectivity index (χ1n) is 10.1. The molecule has 1 aromatic carbocycles. The first-order valence-corrected chi connectivity index (χ1v) is 10.1. The normalized spacial score (nSPS) is 14.7. The summed E-state index contributed by atoms with van der Waals surface area (Å²) in [4.78, 5) is 15.6. The molecule has 3 rings (SSSR count). The van der Waals surface area contributed by atoms with Crippen LogP contribution in [0, 0.1) is 0 Å². The van der Waals surface area contributed by atoms with E-state index in [9.17, 15) is 13.2 Å². The van der Waals surface area contributed by atoms with Crippen LogP contribution in [0.2, 0.25) is 0 Å². The third kappa shape index (κ3) is 6.20. The molecule has 0 saturated carbocycles. The van der Waals surface area contributed by atoms with Crippen molar-refractivity contribution in [3.05, 3.63) is 35.4 Å². The van der Waals surface area contributed by atoms with Gasteiger partial charge in [0.15, 0.2) is 0 Å². The average Bonchev–Trinajstić information content (AvgIpc) is 2.73. The number of unbranched alkanes of at least 4 members (excludes halogenated alkanes) is 1. The number of alkyl halides is 3. The molecule has 0 atom stereocenters. The molecule has 6 nitrogen and oxygen atoms in total. The molecule has 1 aliphatic heterocycles. The van der Waals surface area contributed by atoms with E-state index in [0.29, 0.717) is 23.4 Å². The minimum Gasteiger partial charge on any atom is -0.354 e. The number of piperidine rings is 1. The second-order valence-electron chi connectivity index (χ2n) is 7.16. The number of rotatable bonds is 8. The van der Waals surface area contributed by atoms with Crippen LogP contribution in [0.4, 0.5) is 31.0 Å². The summed E-state index contributed by atoms with van der Waals surface area (Å²) < 4.78 is 38.8. The van der Waals surface area contributed by atoms with Crippen LogP contribution in [0.25, 0.3) is 0 Å². The van der Waals surface area contributed by atoms with Crippen LogP contribution in [0.3, 0.4) is 0 Å². The molecular weight excluding hydrogens is 381 g/mol. The third-order valence-electron chi connectivity index (χ3n) is 4.78. The van der Waals surface area contributed by atoms with E-state index in [2.05, 4.69) is 37.4 Å². The molecule has 9 heteroatoms. The highest BCUT2D eigenvalue weighted by Crippen LogP contribution is 2.29. The Labute approximate surface area is 169 Å². The molecule has 0 unspecified atom stereocenters. The van der Waals surface area contributed by atoms with Crippen LogP contribution in [0.1, 0.15) is 50.2 Å². The van der Waals surface area contributed by atoms with Gasteiger partial charge in [-0.05, 0) is 43.4 Å². The minimum atomic E-state index is -4.36. The maximum Gasteiger partial charge on any atom is 0.416 e. The highest BCUT2D eigenvalue weighted by atomic mass is 19.4. The van der Waals surface area contributed by atoms with Crippen molar-refractivity contribution in [2.24, 2.45) is 0 Å². The Balaban J connectivity index is 1.75. The number of hydrogen-bond donors (Lipinski definition) is 2. The van der Waals surface area contributed by atoms with Gasteiger partial charge in [-0.15, -0.1) is 0 Å². The Morgan fingerprint density at radius 2 is 1.72 bits per heavy atom. The third-order valence-corrected chi connectivity index (χ3v) is 4.78. The lowest BCUT2D eigenvalue weighted by atomic mass is 10.1. The number of nitrogens with zero attached hydrogens (tertiary/aromatic N) is 4. The first kappa shape index (κ1) is 21.1. The van der Waals surface area contributed by atoms with E-state index in [1.165, 1.54) is 12.5 Å². The molecule has 0 spiro atoms. The molecule has 1 aliphatic rings. The van der Waals surface area contributed by atoms with E-state index in [4.69, 9.17) is 0 Å². The maximum absolute atomic E-state index is 12.9. The van der Waals surface area contributed by atoms with Crippen LogP contribution in [-0.2, 0) is 12.7 Å². The lowest BCUT2D eigenvalue weighted by Gasteiger charge is -2.27. The van der Waals surface area contributed by atoms with Gasteiger partial charge in [0, 0.05) is 26.2 Å². The van der Waals surface area contributed by atoms with Gasteiger partial charge in [-0.1, -0.05) is 25.5 Å². The van der Waals surface area contributed by atoms with Gasteiger partial charge in [-0.25, -0.2) is 0 Å². The molecular formula is C20H27F3N6. The molecule has 1 saturated heterocycles. The Morgan fingerprint density at radius 3 is 2.41 bits per heavy atom. The highest BCUT2D eigenvalue weighted by molar-refractivity contribution is 5.44. The fourth-order valence-electron chi connectivity index (χ4n) is 3.17. The van der Waals surface area contributed by atoms with Crippen molar-refractivity contribution in [3.8, 4) is 0 Å². The zero-order valence-corrected chi connectivity index (χ0v) is 16.6. The van der Waals surface area contributed by atoms with Gasteiger partial charge < -0.3 is 15.5 Å². The van der Waals surface area contributed by atoms with Crippen molar-refractivity contribution >= 4 is 17.8 Å². The molecule has 2 aromatic rings. The monoisotopic (exact) mass is 408 g/mol. The summed E-state index contributed by atoms with van der Waals surface area (Å²) in [7, 11) is 0. The van der Waals surface area contributed by atoms with E-state index >= 15 is 0 Å². The number of nitrogens with one attached hydrogen (secondary N) is 2. The molecule has 29 heavy (non-hydrogen) atoms. The molecule has 2 heterocycles. The Morgan fingerprint density at radius 1 is 1.00 bits per heavy atom. The summed E-state index contributed by atoms with van der Waals surface area (Å²) in [5.74, 6) is 1.45. The van der Waals surface area contributed by atoms with E-state index in [1.54, 1.807) is 6.07 Å². The minimum absolute atomic E-state index is 0.196. The second kappa shape index (κ2) is 9.76. The van der Waals surface area contributed by atoms with Crippen molar-refractivity contribution < 1.29 is 13.2 Å². The SMILES string of the molecule is CCCCNc1nc(NCc2cccc(C(F)(F)F)c2)nc(N2CCCCC2)n1. The van der Waals surface area contributed by atoms with Crippen molar-refractivity contribution in [3.63, 3.8) is 0 Å². The molecule has 2 N–H and O–H groups in total. The van der Waals surface area contributed by atoms with Crippen LogP contribution in [-0.4, -0.2) is 34.6 Å². The lowest BCUT2D eigenvalue weighted by Crippen LogP contribution is -2.31. The van der Waals surface area contributed by atoms with Gasteiger partial charge in [-0.3, -0.25) is 0 Å². The molecule has 0 radical (unpaired) electrons. The van der Waals surface area contributed by atoms with Crippen molar-refractivity contribution in [1.29, 1.82) is 0 Å². The Hall–Kier alpha value is -2.58. The van der Waals surface area contributed by atoms with Gasteiger partial charge >= 0.3 is 6.18 Å². The van der Waals surface area contributed by atoms with Crippen LogP contribution in [0.15, 0.2) is 24.3 Å². The lowest BCUT2D eigenvalue weighted by molar-refractivity contribution is -0.137. The van der Waals surface area contributed by atoms with Crippen molar-refractivity contribution in [1.82, 2.24) is 15.0 Å². The summed E-state index contributed by atoms with van der Waals surface area (Å²) >= 11 is 0. The maximum atomic E-state index is 12.9. The molecule has 0 aliphatic carbocycles. The molecule has 0 bridgehead atoms. The molecule has 0 amide bonds. The zero-order valence-electron chi connectivity index (χ0n) is 16.6. The Bertz CT molecular complexity index is 790. The summed E-state index contributed by atoms with van der Waals surface area (Å²) in [5.41, 5.74) is -0.149. The predicted molar refractivity (Wildman–Crippen MR) is 108 cm³/mol. The quantitative estimate of drug-likeness (QED) is 0.617. The smallest absolute Gasteiger partial charge is 0.354 e. The first-order chi connectivity index (χ1) is 14.0. The summed E-state index contributed by atoms with van der Waals surface area (Å²) in [6, 6.07) is 5.26. The topological polar surface area (TPSA) is 66.0 Å². The number of halogens is 3. The van der Waals surface area contributed by atoms with Crippen LogP contribution < -0.4 is 15.5 Å². The number of hydrogen-bond acceptors (Lipinski definition) is 6. The molecule has 1 fully saturated rings. The predicted octanol–water partition coefficient (Wildman–Crippen LogP) is 4.70. The second-order valence-corrected chi connectivity index (χ2v) is 7.16. The van der Waals surface area contributed by atoms with Gasteiger partial charge in [0.25, 0.3) is 0 Å². The summed E-state index contributed by atoms with van der Waals surface area (Å²) in [6.45, 7) is 4.85. The van der Waals surface area contributed by atoms with E-state index in [1.807, 2.05) is 0 Å². The highest BCUT2D eigenvalue weighted by Gasteiger charge is 2.30. The van der Waals surface area contributed by atoms with E-state index in [-0.39, 0.29) is 6.54 Å². The summed E-state index contributed by atoms with van der Waals surface area (Å²) in [6.07, 6.45) is 1.08. The van der Waals surface area contributed by atoms with Gasteiger partial charge in [0.1, 0.15) is 0 Å². The molecule has 158 valence electrons. The van der Waals surface area contributed by atoms with Crippen molar-refractivity contribution in [2.45, 2.75) is 51.7 Å². The average molecular weight is 408 g/mol. The molecule has 1 aromatic heterocycles. The zero-order chi connectivity index (χ0) is 20.7. The summed E-state index contributed by atoms with van der Waals surface area (Å²) in [5, 5.41) is 6.27. The fourth-order valence-corrected chi connectivity index (χ4v) is 3.17. The fraction of sp³-hybridized carbons (Fsp3) is 0.550. The van der Waals surface area contributed by atoms with Crippen molar-refractivity contribution in [2.75, 3.05) is 35.2 Å². The number of benzene rings is 1. The number of anilines is 3. The van der Waals surface area contributed by atoms with Crippen LogP contribution in [0.5, 0.6) is 0 Å². The van der Waals surface area contributed by atoms with E-state index in [0.717, 1.165) is 57.5 Å². The van der Waals surface area contributed by atoms with Crippen LogP contribution >= 0.6 is 0 Å². The van der Waals surface area contributed by atoms with Gasteiger partial charge in [-0.2, -0.15) is 28.1 Å². The van der Waals surface area contributed by atoms with Gasteiger partial charge in [0.05, 0.1) is 5.56 Å². The largest absolute Gasteiger partial charge is 0.416 e. The van der Waals surface area contributed by atoms with Gasteiger partial charge in [0.2, 0.25) is 17.8 Å².